The molecule has 0 radical (unpaired) electrons. The summed E-state index contributed by atoms with van der Waals surface area (Å²) in [7, 11) is 3.07. The van der Waals surface area contributed by atoms with E-state index in [0.29, 0.717) is 28.8 Å². The molecule has 1 N–H and O–H groups in total. The van der Waals surface area contributed by atoms with Gasteiger partial charge in [-0.2, -0.15) is 0 Å². The Kier molecular flexibility index (Phi) is 5.93. The Morgan fingerprint density at radius 1 is 0.871 bits per heavy atom. The third-order valence-corrected chi connectivity index (χ3v) is 4.76. The molecule has 0 aliphatic rings. The van der Waals surface area contributed by atoms with Crippen LogP contribution in [0.2, 0.25) is 0 Å². The minimum absolute atomic E-state index is 0.291. The molecule has 0 spiro atoms. The fourth-order valence-corrected chi connectivity index (χ4v) is 3.17. The SMILES string of the molecule is COc1ccc(C(=O)N[C@H](c2ccccc2)c2nnc(-c3ccccc3)o2)cc1OC. The van der Waals surface area contributed by atoms with Gasteiger partial charge >= 0.3 is 0 Å². The van der Waals surface area contributed by atoms with Gasteiger partial charge in [0.1, 0.15) is 6.04 Å². The van der Waals surface area contributed by atoms with Crippen LogP contribution in [0.4, 0.5) is 0 Å². The van der Waals surface area contributed by atoms with Crippen LogP contribution in [0.3, 0.4) is 0 Å². The standard InChI is InChI=1S/C24H21N3O4/c1-29-19-14-13-18(15-20(19)30-2)22(28)25-21(16-9-5-3-6-10-16)24-27-26-23(31-24)17-11-7-4-8-12-17/h3-15,21H,1-2H3,(H,25,28)/t21-/m1/s1. The molecule has 1 aromatic heterocycles. The van der Waals surface area contributed by atoms with Crippen LogP contribution in [-0.2, 0) is 0 Å². The van der Waals surface area contributed by atoms with Crippen LogP contribution in [0.15, 0.2) is 83.3 Å². The molecule has 3 aromatic carbocycles. The summed E-state index contributed by atoms with van der Waals surface area (Å²) in [5, 5.41) is 11.3. The van der Waals surface area contributed by atoms with Crippen LogP contribution < -0.4 is 14.8 Å². The first-order valence-electron chi connectivity index (χ1n) is 9.66. The van der Waals surface area contributed by atoms with Gasteiger partial charge in [0.2, 0.25) is 11.8 Å². The highest BCUT2D eigenvalue weighted by Crippen LogP contribution is 2.29. The number of amides is 1. The summed E-state index contributed by atoms with van der Waals surface area (Å²) >= 11 is 0. The predicted octanol–water partition coefficient (Wildman–Crippen LogP) is 4.27. The van der Waals surface area contributed by atoms with Gasteiger partial charge in [-0.3, -0.25) is 4.79 Å². The Hall–Kier alpha value is -4.13. The second-order valence-electron chi connectivity index (χ2n) is 6.70. The van der Waals surface area contributed by atoms with E-state index in [2.05, 4.69) is 15.5 Å². The maximum atomic E-state index is 13.0. The topological polar surface area (TPSA) is 86.5 Å². The molecule has 7 heteroatoms. The van der Waals surface area contributed by atoms with Crippen LogP contribution >= 0.6 is 0 Å². The van der Waals surface area contributed by atoms with E-state index in [-0.39, 0.29) is 5.91 Å². The molecule has 0 saturated carbocycles. The number of hydrogen-bond donors (Lipinski definition) is 1. The van der Waals surface area contributed by atoms with Crippen LogP contribution in [0.5, 0.6) is 11.5 Å². The quantitative estimate of drug-likeness (QED) is 0.485. The summed E-state index contributed by atoms with van der Waals surface area (Å²) in [4.78, 5) is 13.0. The van der Waals surface area contributed by atoms with Crippen molar-refractivity contribution in [2.75, 3.05) is 14.2 Å². The molecule has 0 aliphatic heterocycles. The van der Waals surface area contributed by atoms with Crippen molar-refractivity contribution in [2.24, 2.45) is 0 Å². The number of nitrogens with one attached hydrogen (secondary N) is 1. The van der Waals surface area contributed by atoms with Gasteiger partial charge in [0, 0.05) is 11.1 Å². The van der Waals surface area contributed by atoms with Crippen LogP contribution in [0.1, 0.15) is 27.9 Å². The molecule has 156 valence electrons. The Morgan fingerprint density at radius 3 is 2.23 bits per heavy atom. The molecule has 0 bridgehead atoms. The number of aromatic nitrogens is 2. The lowest BCUT2D eigenvalue weighted by Crippen LogP contribution is -2.29. The predicted molar refractivity (Wildman–Crippen MR) is 115 cm³/mol. The van der Waals surface area contributed by atoms with E-state index in [9.17, 15) is 4.79 Å². The number of hydrogen-bond acceptors (Lipinski definition) is 6. The van der Waals surface area contributed by atoms with Crippen molar-refractivity contribution in [1.29, 1.82) is 0 Å². The van der Waals surface area contributed by atoms with Crippen LogP contribution in [0.25, 0.3) is 11.5 Å². The molecule has 0 saturated heterocycles. The summed E-state index contributed by atoms with van der Waals surface area (Å²) < 4.78 is 16.5. The number of rotatable bonds is 7. The fourth-order valence-electron chi connectivity index (χ4n) is 3.17. The zero-order valence-corrected chi connectivity index (χ0v) is 17.1. The lowest BCUT2D eigenvalue weighted by molar-refractivity contribution is 0.0937. The smallest absolute Gasteiger partial charge is 0.252 e. The third-order valence-electron chi connectivity index (χ3n) is 4.76. The summed E-state index contributed by atoms with van der Waals surface area (Å²) in [5.41, 5.74) is 2.04. The molecule has 0 fully saturated rings. The number of benzene rings is 3. The zero-order chi connectivity index (χ0) is 21.6. The van der Waals surface area contributed by atoms with Gasteiger partial charge in [-0.05, 0) is 35.9 Å². The van der Waals surface area contributed by atoms with E-state index in [1.807, 2.05) is 60.7 Å². The molecule has 4 aromatic rings. The van der Waals surface area contributed by atoms with Crippen molar-refractivity contribution in [3.8, 4) is 23.0 Å². The maximum absolute atomic E-state index is 13.0. The van der Waals surface area contributed by atoms with E-state index in [0.717, 1.165) is 11.1 Å². The molecule has 1 amide bonds. The number of carbonyl (C=O) groups is 1. The van der Waals surface area contributed by atoms with Crippen molar-refractivity contribution < 1.29 is 18.7 Å². The normalized spacial score (nSPS) is 11.5. The number of carbonyl (C=O) groups excluding carboxylic acids is 1. The van der Waals surface area contributed by atoms with Crippen molar-refractivity contribution in [1.82, 2.24) is 15.5 Å². The Bertz CT molecular complexity index is 1160. The average Bonchev–Trinajstić information content (AvgIpc) is 3.33. The number of methoxy groups -OCH3 is 2. The molecule has 1 heterocycles. The highest BCUT2D eigenvalue weighted by molar-refractivity contribution is 5.95. The largest absolute Gasteiger partial charge is 0.493 e. The molecular weight excluding hydrogens is 394 g/mol. The van der Waals surface area contributed by atoms with Gasteiger partial charge in [0.25, 0.3) is 5.91 Å². The fraction of sp³-hybridized carbons (Fsp3) is 0.125. The van der Waals surface area contributed by atoms with Crippen molar-refractivity contribution in [2.45, 2.75) is 6.04 Å². The van der Waals surface area contributed by atoms with Crippen molar-refractivity contribution >= 4 is 5.91 Å². The van der Waals surface area contributed by atoms with E-state index < -0.39 is 6.04 Å². The van der Waals surface area contributed by atoms with Gasteiger partial charge in [-0.15, -0.1) is 10.2 Å². The van der Waals surface area contributed by atoms with Gasteiger partial charge in [-0.1, -0.05) is 48.5 Å². The summed E-state index contributed by atoms with van der Waals surface area (Å²) in [6, 6.07) is 23.3. The Labute approximate surface area is 179 Å². The minimum Gasteiger partial charge on any atom is -0.493 e. The van der Waals surface area contributed by atoms with Crippen molar-refractivity contribution in [3.63, 3.8) is 0 Å². The molecule has 1 atom stereocenters. The third kappa shape index (κ3) is 4.40. The van der Waals surface area contributed by atoms with Crippen LogP contribution in [0, 0.1) is 0 Å². The second-order valence-corrected chi connectivity index (χ2v) is 6.70. The summed E-state index contributed by atoms with van der Waals surface area (Å²) in [6.45, 7) is 0. The summed E-state index contributed by atoms with van der Waals surface area (Å²) in [5.74, 6) is 1.38. The number of nitrogens with zero attached hydrogens (tertiary/aromatic N) is 2. The molecule has 31 heavy (non-hydrogen) atoms. The van der Waals surface area contributed by atoms with E-state index in [4.69, 9.17) is 13.9 Å². The zero-order valence-electron chi connectivity index (χ0n) is 17.1. The highest BCUT2D eigenvalue weighted by atomic mass is 16.5. The molecule has 0 unspecified atom stereocenters. The molecular formula is C24H21N3O4. The Balaban J connectivity index is 1.66. The lowest BCUT2D eigenvalue weighted by atomic mass is 10.1. The van der Waals surface area contributed by atoms with E-state index in [1.54, 1.807) is 25.3 Å². The summed E-state index contributed by atoms with van der Waals surface area (Å²) in [6.07, 6.45) is 0. The monoisotopic (exact) mass is 415 g/mol. The average molecular weight is 415 g/mol. The van der Waals surface area contributed by atoms with Crippen LogP contribution in [-0.4, -0.2) is 30.3 Å². The lowest BCUT2D eigenvalue weighted by Gasteiger charge is -2.16. The first-order valence-corrected chi connectivity index (χ1v) is 9.66. The highest BCUT2D eigenvalue weighted by Gasteiger charge is 2.24. The molecule has 7 nitrogen and oxygen atoms in total. The first-order chi connectivity index (χ1) is 15.2. The van der Waals surface area contributed by atoms with Gasteiger partial charge in [0.05, 0.1) is 14.2 Å². The minimum atomic E-state index is -0.619. The molecule has 0 aliphatic carbocycles. The van der Waals surface area contributed by atoms with E-state index in [1.165, 1.54) is 7.11 Å². The van der Waals surface area contributed by atoms with Gasteiger partial charge in [0.15, 0.2) is 11.5 Å². The van der Waals surface area contributed by atoms with E-state index >= 15 is 0 Å². The maximum Gasteiger partial charge on any atom is 0.252 e. The Morgan fingerprint density at radius 2 is 1.55 bits per heavy atom. The molecule has 4 rings (SSSR count). The second kappa shape index (κ2) is 9.13. The first kappa shape index (κ1) is 20.2. The van der Waals surface area contributed by atoms with Gasteiger partial charge < -0.3 is 19.2 Å². The number of ether oxygens (including phenoxy) is 2. The van der Waals surface area contributed by atoms with Crippen molar-refractivity contribution in [3.05, 3.63) is 95.9 Å². The van der Waals surface area contributed by atoms with Gasteiger partial charge in [-0.25, -0.2) is 0 Å².